The van der Waals surface area contributed by atoms with Crippen LogP contribution in [-0.2, 0) is 0 Å². The van der Waals surface area contributed by atoms with Crippen LogP contribution in [0.4, 0.5) is 0 Å². The predicted molar refractivity (Wildman–Crippen MR) is 89.4 cm³/mol. The molecule has 0 aliphatic carbocycles. The number of ether oxygens (including phenoxy) is 1. The molecule has 116 valence electrons. The van der Waals surface area contributed by atoms with Gasteiger partial charge in [0.25, 0.3) is 5.91 Å². The van der Waals surface area contributed by atoms with Crippen LogP contribution in [-0.4, -0.2) is 13.0 Å². The molecule has 0 fully saturated rings. The van der Waals surface area contributed by atoms with Crippen LogP contribution in [0.1, 0.15) is 46.4 Å². The summed E-state index contributed by atoms with van der Waals surface area (Å²) in [5.41, 5.74) is 4.16. The fraction of sp³-hybridized carbons (Fsp3) is 0.316. The lowest BCUT2D eigenvalue weighted by molar-refractivity contribution is 0.0932. The van der Waals surface area contributed by atoms with E-state index in [4.69, 9.17) is 4.74 Å². The van der Waals surface area contributed by atoms with Crippen molar-refractivity contribution in [3.63, 3.8) is 0 Å². The number of methoxy groups -OCH3 is 1. The fourth-order valence-corrected chi connectivity index (χ4v) is 2.68. The van der Waals surface area contributed by atoms with Crippen LogP contribution in [0, 0.1) is 13.8 Å². The van der Waals surface area contributed by atoms with Crippen LogP contribution < -0.4 is 10.1 Å². The number of rotatable bonds is 5. The van der Waals surface area contributed by atoms with Gasteiger partial charge in [-0.15, -0.1) is 0 Å². The average molecular weight is 297 g/mol. The van der Waals surface area contributed by atoms with E-state index in [9.17, 15) is 4.79 Å². The van der Waals surface area contributed by atoms with Crippen molar-refractivity contribution in [1.29, 1.82) is 0 Å². The molecule has 1 amide bonds. The highest BCUT2D eigenvalue weighted by atomic mass is 16.5. The Labute approximate surface area is 132 Å². The van der Waals surface area contributed by atoms with Gasteiger partial charge in [0.1, 0.15) is 5.75 Å². The first kappa shape index (κ1) is 16.1. The minimum Gasteiger partial charge on any atom is -0.496 e. The van der Waals surface area contributed by atoms with E-state index in [0.29, 0.717) is 11.3 Å². The molecule has 0 heterocycles. The van der Waals surface area contributed by atoms with E-state index in [0.717, 1.165) is 12.0 Å². The molecule has 2 aromatic rings. The van der Waals surface area contributed by atoms with Crippen LogP contribution >= 0.6 is 0 Å². The molecule has 0 aliphatic rings. The van der Waals surface area contributed by atoms with Crippen molar-refractivity contribution in [3.8, 4) is 5.75 Å². The Balaban J connectivity index is 2.24. The number of nitrogens with one attached hydrogen (secondary N) is 1. The molecule has 3 heteroatoms. The minimum absolute atomic E-state index is 0.00184. The van der Waals surface area contributed by atoms with E-state index in [1.54, 1.807) is 19.2 Å². The highest BCUT2D eigenvalue weighted by Crippen LogP contribution is 2.24. The van der Waals surface area contributed by atoms with Crippen molar-refractivity contribution in [3.05, 3.63) is 64.7 Å². The molecule has 0 bridgehead atoms. The number of hydrogen-bond donors (Lipinski definition) is 1. The number of para-hydroxylation sites is 1. The first-order valence-corrected chi connectivity index (χ1v) is 7.57. The zero-order chi connectivity index (χ0) is 16.1. The summed E-state index contributed by atoms with van der Waals surface area (Å²) in [4.78, 5) is 12.6. The van der Waals surface area contributed by atoms with Gasteiger partial charge in [0, 0.05) is 0 Å². The molecule has 22 heavy (non-hydrogen) atoms. The first-order chi connectivity index (χ1) is 10.6. The second kappa shape index (κ2) is 7.12. The molecule has 2 rings (SSSR count). The lowest BCUT2D eigenvalue weighted by atomic mass is 9.97. The summed E-state index contributed by atoms with van der Waals surface area (Å²) < 4.78 is 5.27. The van der Waals surface area contributed by atoms with Gasteiger partial charge in [-0.1, -0.05) is 42.8 Å². The molecular formula is C19H23NO2. The van der Waals surface area contributed by atoms with Crippen molar-refractivity contribution in [2.75, 3.05) is 7.11 Å². The second-order valence-electron chi connectivity index (χ2n) is 5.49. The monoisotopic (exact) mass is 297 g/mol. The van der Waals surface area contributed by atoms with Crippen LogP contribution in [0.15, 0.2) is 42.5 Å². The summed E-state index contributed by atoms with van der Waals surface area (Å²) in [5, 5.41) is 3.12. The van der Waals surface area contributed by atoms with Crippen LogP contribution in [0.25, 0.3) is 0 Å². The first-order valence-electron chi connectivity index (χ1n) is 7.57. The van der Waals surface area contributed by atoms with Gasteiger partial charge < -0.3 is 10.1 Å². The Hall–Kier alpha value is -2.29. The molecule has 3 nitrogen and oxygen atoms in total. The van der Waals surface area contributed by atoms with E-state index in [1.807, 2.05) is 12.1 Å². The summed E-state index contributed by atoms with van der Waals surface area (Å²) in [6, 6.07) is 13.6. The largest absolute Gasteiger partial charge is 0.496 e. The van der Waals surface area contributed by atoms with Gasteiger partial charge in [0.05, 0.1) is 18.7 Å². The van der Waals surface area contributed by atoms with Crippen LogP contribution in [0.5, 0.6) is 5.75 Å². The maximum absolute atomic E-state index is 12.6. The average Bonchev–Trinajstić information content (AvgIpc) is 2.53. The molecule has 1 atom stereocenters. The van der Waals surface area contributed by atoms with E-state index in [1.165, 1.54) is 11.1 Å². The smallest absolute Gasteiger partial charge is 0.255 e. The van der Waals surface area contributed by atoms with Crippen molar-refractivity contribution in [1.82, 2.24) is 5.32 Å². The highest BCUT2D eigenvalue weighted by molar-refractivity contribution is 5.97. The lowest BCUT2D eigenvalue weighted by Gasteiger charge is -2.20. The van der Waals surface area contributed by atoms with Gasteiger partial charge >= 0.3 is 0 Å². The van der Waals surface area contributed by atoms with Gasteiger partial charge in [-0.2, -0.15) is 0 Å². The zero-order valence-electron chi connectivity index (χ0n) is 13.6. The summed E-state index contributed by atoms with van der Waals surface area (Å²) >= 11 is 0. The number of benzene rings is 2. The zero-order valence-corrected chi connectivity index (χ0v) is 13.6. The number of carbonyl (C=O) groups is 1. The van der Waals surface area contributed by atoms with Crippen LogP contribution in [0.3, 0.4) is 0 Å². The molecular weight excluding hydrogens is 274 g/mol. The van der Waals surface area contributed by atoms with Crippen molar-refractivity contribution < 1.29 is 9.53 Å². The van der Waals surface area contributed by atoms with E-state index in [-0.39, 0.29) is 11.9 Å². The molecule has 2 aromatic carbocycles. The molecule has 0 radical (unpaired) electrons. The van der Waals surface area contributed by atoms with E-state index >= 15 is 0 Å². The van der Waals surface area contributed by atoms with Gasteiger partial charge in [-0.25, -0.2) is 0 Å². The van der Waals surface area contributed by atoms with Crippen molar-refractivity contribution in [2.24, 2.45) is 0 Å². The Morgan fingerprint density at radius 2 is 1.91 bits per heavy atom. The standard InChI is InChI=1S/C19H23NO2/c1-5-17(15-11-10-13(2)12-14(15)3)20-19(21)16-8-6-7-9-18(16)22-4/h6-12,17H,5H2,1-4H3,(H,20,21)/t17-/m1/s1. The number of hydrogen-bond acceptors (Lipinski definition) is 2. The van der Waals surface area contributed by atoms with Gasteiger partial charge in [-0.3, -0.25) is 4.79 Å². The molecule has 1 N–H and O–H groups in total. The molecule has 0 spiro atoms. The van der Waals surface area contributed by atoms with Gasteiger partial charge in [-0.05, 0) is 43.5 Å². The Kier molecular flexibility index (Phi) is 5.21. The number of carbonyl (C=O) groups excluding carboxylic acids is 1. The molecule has 0 aromatic heterocycles. The molecule has 0 saturated heterocycles. The molecule has 0 unspecified atom stereocenters. The fourth-order valence-electron chi connectivity index (χ4n) is 2.68. The lowest BCUT2D eigenvalue weighted by Crippen LogP contribution is -2.29. The number of amides is 1. The SMILES string of the molecule is CC[C@@H](NC(=O)c1ccccc1OC)c1ccc(C)cc1C. The topological polar surface area (TPSA) is 38.3 Å². The predicted octanol–water partition coefficient (Wildman–Crippen LogP) is 4.19. The summed E-state index contributed by atoms with van der Waals surface area (Å²) in [6.45, 7) is 6.23. The molecule has 0 saturated carbocycles. The summed E-state index contributed by atoms with van der Waals surface area (Å²) in [6.07, 6.45) is 0.838. The Morgan fingerprint density at radius 3 is 2.55 bits per heavy atom. The minimum atomic E-state index is -0.107. The molecule has 0 aliphatic heterocycles. The Morgan fingerprint density at radius 1 is 1.18 bits per heavy atom. The third-order valence-corrected chi connectivity index (χ3v) is 3.87. The number of aryl methyl sites for hydroxylation is 2. The summed E-state index contributed by atoms with van der Waals surface area (Å²) in [5.74, 6) is 0.486. The summed E-state index contributed by atoms with van der Waals surface area (Å²) in [7, 11) is 1.58. The third kappa shape index (κ3) is 3.48. The van der Waals surface area contributed by atoms with E-state index in [2.05, 4.69) is 44.3 Å². The highest BCUT2D eigenvalue weighted by Gasteiger charge is 2.18. The van der Waals surface area contributed by atoms with Crippen LogP contribution in [0.2, 0.25) is 0 Å². The van der Waals surface area contributed by atoms with E-state index < -0.39 is 0 Å². The normalized spacial score (nSPS) is 11.8. The second-order valence-corrected chi connectivity index (χ2v) is 5.49. The van der Waals surface area contributed by atoms with Gasteiger partial charge in [0.2, 0.25) is 0 Å². The quantitative estimate of drug-likeness (QED) is 0.898. The maximum Gasteiger partial charge on any atom is 0.255 e. The van der Waals surface area contributed by atoms with Crippen molar-refractivity contribution in [2.45, 2.75) is 33.2 Å². The van der Waals surface area contributed by atoms with Crippen molar-refractivity contribution >= 4 is 5.91 Å². The maximum atomic E-state index is 12.6. The Bertz CT molecular complexity index is 664. The van der Waals surface area contributed by atoms with Gasteiger partial charge in [0.15, 0.2) is 0 Å². The third-order valence-electron chi connectivity index (χ3n) is 3.87.